The number of rotatable bonds is 6. The van der Waals surface area contributed by atoms with Gasteiger partial charge in [0.05, 0.1) is 24.0 Å². The molecule has 0 aliphatic carbocycles. The molecule has 10 nitrogen and oxygen atoms in total. The number of hydrogen-bond acceptors (Lipinski definition) is 8. The summed E-state index contributed by atoms with van der Waals surface area (Å²) in [5.41, 5.74) is 0.158. The molecule has 3 heterocycles. The van der Waals surface area contributed by atoms with E-state index in [9.17, 15) is 23.9 Å². The molecule has 0 spiro atoms. The van der Waals surface area contributed by atoms with Gasteiger partial charge in [-0.2, -0.15) is 0 Å². The molecule has 2 atom stereocenters. The number of pyridine rings is 1. The van der Waals surface area contributed by atoms with Crippen LogP contribution in [0.1, 0.15) is 55.3 Å². The molecule has 1 fully saturated rings. The number of benzene rings is 1. The van der Waals surface area contributed by atoms with Gasteiger partial charge in [-0.1, -0.05) is 12.1 Å². The van der Waals surface area contributed by atoms with E-state index in [1.165, 1.54) is 49.8 Å². The summed E-state index contributed by atoms with van der Waals surface area (Å²) in [5, 5.41) is 19.1. The average Bonchev–Trinajstić information content (AvgIpc) is 3.11. The van der Waals surface area contributed by atoms with Gasteiger partial charge in [-0.15, -0.1) is 0 Å². The van der Waals surface area contributed by atoms with E-state index in [0.29, 0.717) is 18.5 Å². The summed E-state index contributed by atoms with van der Waals surface area (Å²) in [6, 6.07) is 6.49. The van der Waals surface area contributed by atoms with Crippen molar-refractivity contribution in [2.45, 2.75) is 31.8 Å². The summed E-state index contributed by atoms with van der Waals surface area (Å²) >= 11 is 0. The van der Waals surface area contributed by atoms with E-state index in [-0.39, 0.29) is 40.8 Å². The Labute approximate surface area is 206 Å². The fraction of sp³-hybridized carbons (Fsp3) is 0.280. The van der Waals surface area contributed by atoms with Gasteiger partial charge >= 0.3 is 0 Å². The third-order valence-electron chi connectivity index (χ3n) is 5.98. The third kappa shape index (κ3) is 5.52. The SMILES string of the molecule is Cc1ncc(O)c(C(=O)c2ccc(C(=O)N[C@@H]3CCCNC[C@H]3NC(=O)c3ccncn3)cc2)c1F. The molecule has 2 aromatic heterocycles. The first-order valence-electron chi connectivity index (χ1n) is 11.4. The van der Waals surface area contributed by atoms with Gasteiger partial charge in [0.1, 0.15) is 23.3 Å². The van der Waals surface area contributed by atoms with Crippen LogP contribution in [0.25, 0.3) is 0 Å². The highest BCUT2D eigenvalue weighted by Crippen LogP contribution is 2.24. The van der Waals surface area contributed by atoms with Gasteiger partial charge in [-0.25, -0.2) is 14.4 Å². The Hall–Kier alpha value is -4.25. The quantitative estimate of drug-likeness (QED) is 0.379. The van der Waals surface area contributed by atoms with Gasteiger partial charge in [0.15, 0.2) is 11.6 Å². The molecule has 1 aliphatic rings. The third-order valence-corrected chi connectivity index (χ3v) is 5.98. The van der Waals surface area contributed by atoms with E-state index in [0.717, 1.165) is 19.2 Å². The number of carbonyl (C=O) groups excluding carboxylic acids is 3. The summed E-state index contributed by atoms with van der Waals surface area (Å²) < 4.78 is 14.4. The molecule has 0 unspecified atom stereocenters. The van der Waals surface area contributed by atoms with Crippen LogP contribution in [-0.2, 0) is 0 Å². The van der Waals surface area contributed by atoms with Gasteiger partial charge in [-0.3, -0.25) is 19.4 Å². The summed E-state index contributed by atoms with van der Waals surface area (Å²) in [6.45, 7) is 2.61. The Morgan fingerprint density at radius 3 is 2.47 bits per heavy atom. The molecule has 1 aromatic carbocycles. The number of nitrogens with one attached hydrogen (secondary N) is 3. The zero-order valence-electron chi connectivity index (χ0n) is 19.5. The minimum absolute atomic E-state index is 0.00797. The van der Waals surface area contributed by atoms with Gasteiger partial charge in [-0.05, 0) is 44.5 Å². The fourth-order valence-electron chi connectivity index (χ4n) is 4.00. The average molecular weight is 493 g/mol. The molecule has 0 radical (unpaired) electrons. The van der Waals surface area contributed by atoms with E-state index >= 15 is 0 Å². The van der Waals surface area contributed by atoms with Crippen LogP contribution in [0, 0.1) is 12.7 Å². The molecule has 0 saturated carbocycles. The second-order valence-corrected chi connectivity index (χ2v) is 8.43. The predicted molar refractivity (Wildman–Crippen MR) is 127 cm³/mol. The molecule has 3 aromatic rings. The standard InChI is InChI=1S/C25H25FN6O4/c1-14-22(26)21(20(33)12-29-14)23(34)15-4-6-16(7-5-15)24(35)31-17-3-2-9-27-11-19(17)32-25(36)18-8-10-28-13-30-18/h4-8,10,12-13,17,19,27,33H,2-3,9,11H2,1H3,(H,31,35)(H,32,36)/t17-,19-/m1/s1. The van der Waals surface area contributed by atoms with Crippen LogP contribution in [0.5, 0.6) is 5.75 Å². The summed E-state index contributed by atoms with van der Waals surface area (Å²) in [7, 11) is 0. The van der Waals surface area contributed by atoms with Crippen LogP contribution in [0.2, 0.25) is 0 Å². The number of hydrogen-bond donors (Lipinski definition) is 4. The smallest absolute Gasteiger partial charge is 0.270 e. The number of amides is 2. The zero-order chi connectivity index (χ0) is 25.7. The zero-order valence-corrected chi connectivity index (χ0v) is 19.5. The van der Waals surface area contributed by atoms with Crippen molar-refractivity contribution in [1.29, 1.82) is 0 Å². The lowest BCUT2D eigenvalue weighted by Crippen LogP contribution is -2.54. The van der Waals surface area contributed by atoms with Crippen LogP contribution in [0.15, 0.2) is 49.1 Å². The molecule has 36 heavy (non-hydrogen) atoms. The first kappa shape index (κ1) is 24.9. The van der Waals surface area contributed by atoms with Crippen LogP contribution >= 0.6 is 0 Å². The molecule has 2 amide bonds. The first-order valence-corrected chi connectivity index (χ1v) is 11.4. The maximum Gasteiger partial charge on any atom is 0.270 e. The molecular formula is C25H25FN6O4. The van der Waals surface area contributed by atoms with Crippen molar-refractivity contribution in [1.82, 2.24) is 30.9 Å². The summed E-state index contributed by atoms with van der Waals surface area (Å²) in [6.07, 6.45) is 5.24. The number of aryl methyl sites for hydroxylation is 1. The Kier molecular flexibility index (Phi) is 7.59. The van der Waals surface area contributed by atoms with E-state index < -0.39 is 22.9 Å². The Balaban J connectivity index is 1.46. The second-order valence-electron chi connectivity index (χ2n) is 8.43. The minimum atomic E-state index is -0.890. The predicted octanol–water partition coefficient (Wildman–Crippen LogP) is 1.54. The number of halogens is 1. The normalized spacial score (nSPS) is 17.6. The Morgan fingerprint density at radius 1 is 1.03 bits per heavy atom. The second kappa shape index (κ2) is 11.0. The van der Waals surface area contributed by atoms with Crippen LogP contribution in [0.3, 0.4) is 0 Å². The van der Waals surface area contributed by atoms with Crippen LogP contribution in [-0.4, -0.2) is 62.8 Å². The summed E-state index contributed by atoms with van der Waals surface area (Å²) in [5.74, 6) is -2.91. The Bertz CT molecular complexity index is 1270. The van der Waals surface area contributed by atoms with Gasteiger partial charge in [0, 0.05) is 23.9 Å². The van der Waals surface area contributed by atoms with Crippen molar-refractivity contribution in [2.75, 3.05) is 13.1 Å². The van der Waals surface area contributed by atoms with E-state index in [1.54, 1.807) is 0 Å². The highest BCUT2D eigenvalue weighted by atomic mass is 19.1. The first-order chi connectivity index (χ1) is 17.3. The van der Waals surface area contributed by atoms with Gasteiger partial charge in [0.2, 0.25) is 0 Å². The maximum absolute atomic E-state index is 14.4. The minimum Gasteiger partial charge on any atom is -0.505 e. The van der Waals surface area contributed by atoms with Gasteiger partial charge < -0.3 is 21.1 Å². The van der Waals surface area contributed by atoms with E-state index in [2.05, 4.69) is 30.9 Å². The molecule has 0 bridgehead atoms. The lowest BCUT2D eigenvalue weighted by Gasteiger charge is -2.27. The van der Waals surface area contributed by atoms with Crippen molar-refractivity contribution >= 4 is 17.6 Å². The number of aromatic nitrogens is 3. The molecule has 11 heteroatoms. The van der Waals surface area contributed by atoms with Crippen LogP contribution in [0.4, 0.5) is 4.39 Å². The van der Waals surface area contributed by atoms with E-state index in [4.69, 9.17) is 0 Å². The van der Waals surface area contributed by atoms with Gasteiger partial charge in [0.25, 0.3) is 11.8 Å². The van der Waals surface area contributed by atoms with Crippen molar-refractivity contribution in [2.24, 2.45) is 0 Å². The Morgan fingerprint density at radius 2 is 1.75 bits per heavy atom. The van der Waals surface area contributed by atoms with Crippen LogP contribution < -0.4 is 16.0 Å². The number of ketones is 1. The highest BCUT2D eigenvalue weighted by Gasteiger charge is 2.28. The maximum atomic E-state index is 14.4. The fourth-order valence-corrected chi connectivity index (χ4v) is 4.00. The largest absolute Gasteiger partial charge is 0.505 e. The van der Waals surface area contributed by atoms with Crippen molar-refractivity contribution in [3.63, 3.8) is 0 Å². The molecule has 4 rings (SSSR count). The monoisotopic (exact) mass is 492 g/mol. The van der Waals surface area contributed by atoms with Crippen molar-refractivity contribution < 1.29 is 23.9 Å². The lowest BCUT2D eigenvalue weighted by atomic mass is 10.00. The molecule has 4 N–H and O–H groups in total. The molecule has 1 aliphatic heterocycles. The topological polar surface area (TPSA) is 146 Å². The highest BCUT2D eigenvalue weighted by molar-refractivity contribution is 6.11. The number of nitrogens with zero attached hydrogens (tertiary/aromatic N) is 3. The number of aromatic hydroxyl groups is 1. The molecule has 186 valence electrons. The molecule has 1 saturated heterocycles. The van der Waals surface area contributed by atoms with Crippen molar-refractivity contribution in [3.05, 3.63) is 82.9 Å². The van der Waals surface area contributed by atoms with Crippen molar-refractivity contribution in [3.8, 4) is 5.75 Å². The lowest BCUT2D eigenvalue weighted by molar-refractivity contribution is 0.0880. The summed E-state index contributed by atoms with van der Waals surface area (Å²) in [4.78, 5) is 49.8. The van der Waals surface area contributed by atoms with E-state index in [1.807, 2.05) is 0 Å². The number of carbonyl (C=O) groups is 3. The molecular weight excluding hydrogens is 467 g/mol.